The average Bonchev–Trinajstić information content (AvgIpc) is 2.33. The average molecular weight is 286 g/mol. The van der Waals surface area contributed by atoms with Crippen molar-refractivity contribution in [3.8, 4) is 11.5 Å². The number of benzene rings is 1. The van der Waals surface area contributed by atoms with Gasteiger partial charge in [0.05, 0.1) is 11.6 Å². The van der Waals surface area contributed by atoms with Gasteiger partial charge >= 0.3 is 0 Å². The maximum atomic E-state index is 5.97. The van der Waals surface area contributed by atoms with Crippen molar-refractivity contribution in [1.29, 1.82) is 0 Å². The molecule has 1 saturated heterocycles. The van der Waals surface area contributed by atoms with Crippen LogP contribution in [0.1, 0.15) is 12.8 Å². The van der Waals surface area contributed by atoms with Crippen molar-refractivity contribution in [3.05, 3.63) is 22.7 Å². The minimum Gasteiger partial charge on any atom is -0.493 e. The Hall–Kier alpha value is -0.740. The van der Waals surface area contributed by atoms with Gasteiger partial charge in [-0.25, -0.2) is 0 Å². The van der Waals surface area contributed by atoms with E-state index in [4.69, 9.17) is 9.47 Å². The maximum Gasteiger partial charge on any atom is 0.175 e. The van der Waals surface area contributed by atoms with Crippen LogP contribution in [0.3, 0.4) is 0 Å². The summed E-state index contributed by atoms with van der Waals surface area (Å²) in [5.41, 5.74) is 0. The molecule has 4 heteroatoms. The van der Waals surface area contributed by atoms with Crippen molar-refractivity contribution in [2.75, 3.05) is 20.2 Å². The number of rotatable bonds is 3. The van der Waals surface area contributed by atoms with Gasteiger partial charge in [-0.3, -0.25) is 0 Å². The molecular weight excluding hydrogens is 270 g/mol. The van der Waals surface area contributed by atoms with Crippen LogP contribution in [0, 0.1) is 0 Å². The van der Waals surface area contributed by atoms with Crippen LogP contribution in [-0.4, -0.2) is 26.3 Å². The van der Waals surface area contributed by atoms with Crippen LogP contribution in [-0.2, 0) is 0 Å². The molecule has 1 aromatic rings. The maximum absolute atomic E-state index is 5.97. The van der Waals surface area contributed by atoms with E-state index in [1.54, 1.807) is 7.11 Å². The Morgan fingerprint density at radius 1 is 1.44 bits per heavy atom. The van der Waals surface area contributed by atoms with E-state index in [9.17, 15) is 0 Å². The highest BCUT2D eigenvalue weighted by atomic mass is 79.9. The third-order valence-corrected chi connectivity index (χ3v) is 3.31. The molecule has 0 bridgehead atoms. The lowest BCUT2D eigenvalue weighted by molar-refractivity contribution is 0.160. The predicted octanol–water partition coefficient (Wildman–Crippen LogP) is 2.59. The molecule has 1 N–H and O–H groups in total. The lowest BCUT2D eigenvalue weighted by atomic mass is 10.1. The fourth-order valence-corrected chi connectivity index (χ4v) is 2.29. The van der Waals surface area contributed by atoms with E-state index in [0.29, 0.717) is 0 Å². The molecule has 0 saturated carbocycles. The number of halogens is 1. The van der Waals surface area contributed by atoms with E-state index in [1.165, 1.54) is 0 Å². The summed E-state index contributed by atoms with van der Waals surface area (Å²) in [5, 5.41) is 3.33. The fourth-order valence-electron chi connectivity index (χ4n) is 1.85. The molecule has 2 rings (SSSR count). The standard InChI is InChI=1S/C12H16BrNO2/c1-15-11-6-2-5-10(13)12(11)16-9-4-3-7-14-8-9/h2,5-6,9,14H,3-4,7-8H2,1H3. The Labute approximate surface area is 104 Å². The Kier molecular flexibility index (Phi) is 4.07. The van der Waals surface area contributed by atoms with Gasteiger partial charge in [0.15, 0.2) is 11.5 Å². The van der Waals surface area contributed by atoms with E-state index in [0.717, 1.165) is 41.9 Å². The normalized spacial score (nSPS) is 20.5. The third kappa shape index (κ3) is 2.68. The summed E-state index contributed by atoms with van der Waals surface area (Å²) in [6.07, 6.45) is 2.50. The van der Waals surface area contributed by atoms with Crippen molar-refractivity contribution < 1.29 is 9.47 Å². The Balaban J connectivity index is 2.12. The Bertz CT molecular complexity index is 351. The van der Waals surface area contributed by atoms with Crippen molar-refractivity contribution in [3.63, 3.8) is 0 Å². The number of piperidine rings is 1. The van der Waals surface area contributed by atoms with Crippen LogP contribution in [0.15, 0.2) is 22.7 Å². The van der Waals surface area contributed by atoms with Crippen LogP contribution in [0.4, 0.5) is 0 Å². The number of methoxy groups -OCH3 is 1. The summed E-state index contributed by atoms with van der Waals surface area (Å²) in [5.74, 6) is 1.58. The first-order valence-corrected chi connectivity index (χ1v) is 6.30. The molecule has 16 heavy (non-hydrogen) atoms. The third-order valence-electron chi connectivity index (χ3n) is 2.69. The highest BCUT2D eigenvalue weighted by Crippen LogP contribution is 2.36. The number of nitrogens with one attached hydrogen (secondary N) is 1. The van der Waals surface area contributed by atoms with Crippen LogP contribution in [0.5, 0.6) is 11.5 Å². The van der Waals surface area contributed by atoms with Gasteiger partial charge < -0.3 is 14.8 Å². The van der Waals surface area contributed by atoms with Gasteiger partial charge in [0.25, 0.3) is 0 Å². The highest BCUT2D eigenvalue weighted by Gasteiger charge is 2.18. The second-order valence-corrected chi connectivity index (χ2v) is 4.71. The van der Waals surface area contributed by atoms with E-state index in [2.05, 4.69) is 21.2 Å². The van der Waals surface area contributed by atoms with Crippen molar-refractivity contribution in [1.82, 2.24) is 5.32 Å². The first kappa shape index (κ1) is 11.7. The van der Waals surface area contributed by atoms with Crippen LogP contribution >= 0.6 is 15.9 Å². The van der Waals surface area contributed by atoms with Crippen LogP contribution in [0.2, 0.25) is 0 Å². The highest BCUT2D eigenvalue weighted by molar-refractivity contribution is 9.10. The van der Waals surface area contributed by atoms with E-state index < -0.39 is 0 Å². The number of ether oxygens (including phenoxy) is 2. The Morgan fingerprint density at radius 2 is 2.31 bits per heavy atom. The minimum atomic E-state index is 0.237. The lowest BCUT2D eigenvalue weighted by Gasteiger charge is -2.25. The molecule has 1 aliphatic rings. The quantitative estimate of drug-likeness (QED) is 0.926. The van der Waals surface area contributed by atoms with E-state index in [1.807, 2.05) is 18.2 Å². The summed E-state index contributed by atoms with van der Waals surface area (Å²) < 4.78 is 12.2. The molecule has 1 atom stereocenters. The molecule has 0 spiro atoms. The summed E-state index contributed by atoms with van der Waals surface area (Å²) in [7, 11) is 1.66. The van der Waals surface area contributed by atoms with Gasteiger partial charge in [0.1, 0.15) is 6.10 Å². The molecule has 1 unspecified atom stereocenters. The predicted molar refractivity (Wildman–Crippen MR) is 67.2 cm³/mol. The SMILES string of the molecule is COc1cccc(Br)c1OC1CCCNC1. The monoisotopic (exact) mass is 285 g/mol. The summed E-state index contributed by atoms with van der Waals surface area (Å²) >= 11 is 3.49. The second kappa shape index (κ2) is 5.55. The summed E-state index contributed by atoms with van der Waals surface area (Å²) in [6, 6.07) is 5.82. The molecule has 0 radical (unpaired) electrons. The molecule has 1 heterocycles. The molecule has 88 valence electrons. The van der Waals surface area contributed by atoms with Crippen LogP contribution < -0.4 is 14.8 Å². The first-order valence-electron chi connectivity index (χ1n) is 5.51. The molecule has 0 amide bonds. The van der Waals surface area contributed by atoms with Crippen LogP contribution in [0.25, 0.3) is 0 Å². The zero-order valence-electron chi connectivity index (χ0n) is 9.33. The molecule has 3 nitrogen and oxygen atoms in total. The second-order valence-electron chi connectivity index (χ2n) is 3.86. The van der Waals surface area contributed by atoms with Gasteiger partial charge in [0, 0.05) is 6.54 Å². The topological polar surface area (TPSA) is 30.5 Å². The molecule has 1 fully saturated rings. The lowest BCUT2D eigenvalue weighted by Crippen LogP contribution is -2.37. The van der Waals surface area contributed by atoms with Crippen molar-refractivity contribution >= 4 is 15.9 Å². The van der Waals surface area contributed by atoms with Gasteiger partial charge in [-0.1, -0.05) is 6.07 Å². The van der Waals surface area contributed by atoms with Crippen molar-refractivity contribution in [2.45, 2.75) is 18.9 Å². The number of hydrogen-bond acceptors (Lipinski definition) is 3. The number of para-hydroxylation sites is 1. The zero-order chi connectivity index (χ0) is 11.4. The molecule has 1 aromatic carbocycles. The zero-order valence-corrected chi connectivity index (χ0v) is 10.9. The van der Waals surface area contributed by atoms with Gasteiger partial charge in [-0.2, -0.15) is 0 Å². The van der Waals surface area contributed by atoms with Gasteiger partial charge in [-0.15, -0.1) is 0 Å². The van der Waals surface area contributed by atoms with E-state index in [-0.39, 0.29) is 6.10 Å². The number of hydrogen-bond donors (Lipinski definition) is 1. The first-order chi connectivity index (χ1) is 7.81. The molecule has 0 aromatic heterocycles. The van der Waals surface area contributed by atoms with Gasteiger partial charge in [-0.05, 0) is 47.4 Å². The summed E-state index contributed by atoms with van der Waals surface area (Å²) in [6.45, 7) is 2.00. The van der Waals surface area contributed by atoms with E-state index >= 15 is 0 Å². The molecule has 0 aliphatic carbocycles. The molecular formula is C12H16BrNO2. The largest absolute Gasteiger partial charge is 0.493 e. The van der Waals surface area contributed by atoms with Crippen molar-refractivity contribution in [2.24, 2.45) is 0 Å². The Morgan fingerprint density at radius 3 is 3.00 bits per heavy atom. The molecule has 1 aliphatic heterocycles. The van der Waals surface area contributed by atoms with Gasteiger partial charge in [0.2, 0.25) is 0 Å². The smallest absolute Gasteiger partial charge is 0.175 e. The summed E-state index contributed by atoms with van der Waals surface area (Å²) in [4.78, 5) is 0. The minimum absolute atomic E-state index is 0.237. The fraction of sp³-hybridized carbons (Fsp3) is 0.500.